The second kappa shape index (κ2) is 6.18. The van der Waals surface area contributed by atoms with Gasteiger partial charge in [-0.25, -0.2) is 0 Å². The van der Waals surface area contributed by atoms with E-state index in [1.165, 1.54) is 0 Å². The van der Waals surface area contributed by atoms with Crippen LogP contribution in [0.25, 0.3) is 0 Å². The van der Waals surface area contributed by atoms with Crippen molar-refractivity contribution in [1.29, 1.82) is 0 Å². The maximum Gasteiger partial charge on any atom is 0.125 e. The molecule has 0 fully saturated rings. The van der Waals surface area contributed by atoms with E-state index in [9.17, 15) is 5.11 Å². The van der Waals surface area contributed by atoms with Crippen LogP contribution in [0.1, 0.15) is 24.3 Å². The van der Waals surface area contributed by atoms with Crippen molar-refractivity contribution in [1.82, 2.24) is 5.32 Å². The molecule has 18 heavy (non-hydrogen) atoms. The number of aliphatic hydroxyl groups is 1. The van der Waals surface area contributed by atoms with E-state index in [1.807, 2.05) is 36.4 Å². The van der Waals surface area contributed by atoms with Crippen molar-refractivity contribution >= 4 is 15.9 Å². The molecule has 0 aliphatic carbocycles. The molecule has 96 valence electrons. The molecule has 0 saturated carbocycles. The fraction of sp³-hybridized carbons (Fsp3) is 0.286. The van der Waals surface area contributed by atoms with Crippen LogP contribution >= 0.6 is 15.9 Å². The number of nitrogens with one attached hydrogen (secondary N) is 1. The van der Waals surface area contributed by atoms with Gasteiger partial charge in [0.15, 0.2) is 0 Å². The summed E-state index contributed by atoms with van der Waals surface area (Å²) < 4.78 is 6.50. The monoisotopic (exact) mass is 309 g/mol. The summed E-state index contributed by atoms with van der Waals surface area (Å²) in [5.74, 6) is 0.845. The predicted molar refractivity (Wildman–Crippen MR) is 74.4 cm³/mol. The number of hydrogen-bond donors (Lipinski definition) is 2. The summed E-state index contributed by atoms with van der Waals surface area (Å²) in [6.07, 6.45) is 1.27. The molecule has 2 N–H and O–H groups in total. The lowest BCUT2D eigenvalue weighted by Gasteiger charge is -2.18. The average Bonchev–Trinajstić information content (AvgIpc) is 2.85. The molecule has 0 spiro atoms. The molecule has 0 aliphatic rings. The minimum absolute atomic E-state index is 0.0392. The summed E-state index contributed by atoms with van der Waals surface area (Å²) in [7, 11) is 0. The third kappa shape index (κ3) is 3.45. The molecule has 1 aromatic carbocycles. The average molecular weight is 310 g/mol. The van der Waals surface area contributed by atoms with Crippen LogP contribution < -0.4 is 5.32 Å². The number of rotatable bonds is 5. The van der Waals surface area contributed by atoms with E-state index in [4.69, 9.17) is 4.42 Å². The van der Waals surface area contributed by atoms with Crippen molar-refractivity contribution in [3.05, 3.63) is 58.5 Å². The van der Waals surface area contributed by atoms with E-state index in [1.54, 1.807) is 13.2 Å². The highest BCUT2D eigenvalue weighted by Crippen LogP contribution is 2.24. The van der Waals surface area contributed by atoms with Gasteiger partial charge in [0, 0.05) is 11.0 Å². The maximum absolute atomic E-state index is 9.39. The second-order valence-corrected chi connectivity index (χ2v) is 5.17. The first-order valence-corrected chi connectivity index (χ1v) is 6.66. The molecule has 0 bridgehead atoms. The lowest BCUT2D eigenvalue weighted by molar-refractivity contribution is 0.186. The molecule has 2 aromatic rings. The van der Waals surface area contributed by atoms with Gasteiger partial charge in [0.05, 0.1) is 18.4 Å². The Balaban J connectivity index is 2.21. The highest BCUT2D eigenvalue weighted by Gasteiger charge is 2.16. The minimum Gasteiger partial charge on any atom is -0.467 e. The van der Waals surface area contributed by atoms with Gasteiger partial charge < -0.3 is 14.8 Å². The van der Waals surface area contributed by atoms with Crippen LogP contribution in [0.15, 0.2) is 51.6 Å². The zero-order valence-corrected chi connectivity index (χ0v) is 11.7. The zero-order valence-electron chi connectivity index (χ0n) is 10.1. The molecule has 0 saturated heterocycles. The van der Waals surface area contributed by atoms with Crippen LogP contribution in [-0.2, 0) is 0 Å². The number of halogens is 1. The highest BCUT2D eigenvalue weighted by molar-refractivity contribution is 9.10. The van der Waals surface area contributed by atoms with Gasteiger partial charge in [-0.15, -0.1) is 0 Å². The van der Waals surface area contributed by atoms with Crippen molar-refractivity contribution in [2.45, 2.75) is 19.1 Å². The Hall–Kier alpha value is -1.10. The van der Waals surface area contributed by atoms with Gasteiger partial charge in [-0.3, -0.25) is 0 Å². The Kier molecular flexibility index (Phi) is 4.58. The molecule has 0 unspecified atom stereocenters. The lowest BCUT2D eigenvalue weighted by atomic mass is 10.0. The van der Waals surface area contributed by atoms with Gasteiger partial charge in [0.2, 0.25) is 0 Å². The van der Waals surface area contributed by atoms with Gasteiger partial charge in [-0.05, 0) is 36.8 Å². The molecular weight excluding hydrogens is 294 g/mol. The smallest absolute Gasteiger partial charge is 0.125 e. The molecule has 1 aromatic heterocycles. The maximum atomic E-state index is 9.39. The summed E-state index contributed by atoms with van der Waals surface area (Å²) in [5.41, 5.74) is 1.11. The number of hydrogen-bond acceptors (Lipinski definition) is 3. The largest absolute Gasteiger partial charge is 0.467 e. The molecule has 1 heterocycles. The third-order valence-electron chi connectivity index (χ3n) is 2.65. The number of furan rings is 1. The fourth-order valence-corrected chi connectivity index (χ4v) is 2.05. The van der Waals surface area contributed by atoms with E-state index in [0.29, 0.717) is 6.54 Å². The Morgan fingerprint density at radius 2 is 2.00 bits per heavy atom. The molecule has 0 amide bonds. The van der Waals surface area contributed by atoms with Crippen molar-refractivity contribution in [2.24, 2.45) is 0 Å². The van der Waals surface area contributed by atoms with Gasteiger partial charge in [0.1, 0.15) is 5.76 Å². The standard InChI is InChI=1S/C14H16BrNO2/c1-10(17)9-16-14(13-3-2-8-18-13)11-4-6-12(15)7-5-11/h2-8,10,14,16-17H,9H2,1H3/t10-,14-/m1/s1. The van der Waals surface area contributed by atoms with E-state index in [2.05, 4.69) is 21.2 Å². The third-order valence-corrected chi connectivity index (χ3v) is 3.18. The van der Waals surface area contributed by atoms with Crippen LogP contribution in [0.4, 0.5) is 0 Å². The van der Waals surface area contributed by atoms with Crippen LogP contribution in [0.3, 0.4) is 0 Å². The van der Waals surface area contributed by atoms with Gasteiger partial charge in [-0.2, -0.15) is 0 Å². The molecule has 3 nitrogen and oxygen atoms in total. The topological polar surface area (TPSA) is 45.4 Å². The minimum atomic E-state index is -0.391. The fourth-order valence-electron chi connectivity index (χ4n) is 1.78. The molecule has 0 radical (unpaired) electrons. The molecule has 2 atom stereocenters. The number of aliphatic hydroxyl groups excluding tert-OH is 1. The Morgan fingerprint density at radius 3 is 2.56 bits per heavy atom. The lowest BCUT2D eigenvalue weighted by Crippen LogP contribution is -2.29. The van der Waals surface area contributed by atoms with Crippen LogP contribution in [0.5, 0.6) is 0 Å². The van der Waals surface area contributed by atoms with E-state index >= 15 is 0 Å². The first-order chi connectivity index (χ1) is 8.66. The van der Waals surface area contributed by atoms with E-state index in [-0.39, 0.29) is 6.04 Å². The Morgan fingerprint density at radius 1 is 1.28 bits per heavy atom. The van der Waals surface area contributed by atoms with Crippen molar-refractivity contribution in [2.75, 3.05) is 6.54 Å². The SMILES string of the molecule is C[C@@H](O)CN[C@H](c1ccc(Br)cc1)c1ccco1. The summed E-state index contributed by atoms with van der Waals surface area (Å²) in [4.78, 5) is 0. The Bertz CT molecular complexity index is 465. The first-order valence-electron chi connectivity index (χ1n) is 5.87. The van der Waals surface area contributed by atoms with Crippen LogP contribution in [-0.4, -0.2) is 17.8 Å². The zero-order chi connectivity index (χ0) is 13.0. The summed E-state index contributed by atoms with van der Waals surface area (Å²) in [6.45, 7) is 2.27. The van der Waals surface area contributed by atoms with E-state index < -0.39 is 6.10 Å². The first kappa shape index (κ1) is 13.3. The van der Waals surface area contributed by atoms with Crippen molar-refractivity contribution in [3.63, 3.8) is 0 Å². The van der Waals surface area contributed by atoms with Gasteiger partial charge in [-0.1, -0.05) is 28.1 Å². The normalized spacial score (nSPS) is 14.4. The van der Waals surface area contributed by atoms with Crippen molar-refractivity contribution < 1.29 is 9.52 Å². The highest BCUT2D eigenvalue weighted by atomic mass is 79.9. The van der Waals surface area contributed by atoms with Crippen LogP contribution in [0, 0.1) is 0 Å². The van der Waals surface area contributed by atoms with E-state index in [0.717, 1.165) is 15.8 Å². The molecule has 0 aliphatic heterocycles. The molecular formula is C14H16BrNO2. The predicted octanol–water partition coefficient (Wildman–Crippen LogP) is 3.10. The molecule has 4 heteroatoms. The molecule has 2 rings (SSSR count). The van der Waals surface area contributed by atoms with Crippen LogP contribution in [0.2, 0.25) is 0 Å². The summed E-state index contributed by atoms with van der Waals surface area (Å²) in [6, 6.07) is 11.8. The quantitative estimate of drug-likeness (QED) is 0.892. The summed E-state index contributed by atoms with van der Waals surface area (Å²) >= 11 is 3.42. The second-order valence-electron chi connectivity index (χ2n) is 4.26. The van der Waals surface area contributed by atoms with Crippen molar-refractivity contribution in [3.8, 4) is 0 Å². The number of benzene rings is 1. The summed E-state index contributed by atoms with van der Waals surface area (Å²) in [5, 5.41) is 12.7. The van der Waals surface area contributed by atoms with Gasteiger partial charge >= 0.3 is 0 Å². The van der Waals surface area contributed by atoms with Gasteiger partial charge in [0.25, 0.3) is 0 Å². The Labute approximate surface area is 115 Å².